The van der Waals surface area contributed by atoms with Crippen LogP contribution in [-0.4, -0.2) is 32.0 Å². The first kappa shape index (κ1) is 28.1. The number of hydrogen-bond acceptors (Lipinski definition) is 3. The van der Waals surface area contributed by atoms with E-state index >= 15 is 0 Å². The molecule has 0 radical (unpaired) electrons. The van der Waals surface area contributed by atoms with E-state index in [0.29, 0.717) is 21.7 Å². The Morgan fingerprint density at radius 1 is 1.07 bits per heavy atom. The van der Waals surface area contributed by atoms with Gasteiger partial charge in [0.1, 0.15) is 0 Å². The molecule has 6 nitrogen and oxygen atoms in total. The van der Waals surface area contributed by atoms with Crippen LogP contribution in [0.3, 0.4) is 0 Å². The molecule has 2 atom stereocenters. The van der Waals surface area contributed by atoms with Gasteiger partial charge in [0.25, 0.3) is 0 Å². The molecule has 1 aliphatic heterocycles. The summed E-state index contributed by atoms with van der Waals surface area (Å²) in [6.45, 7) is 6.66. The molecule has 1 amide bonds. The first-order valence-electron chi connectivity index (χ1n) is 13.3. The zero-order valence-electron chi connectivity index (χ0n) is 22.6. The van der Waals surface area contributed by atoms with E-state index in [4.69, 9.17) is 35.4 Å². The van der Waals surface area contributed by atoms with Crippen LogP contribution in [0.4, 0.5) is 5.69 Å². The van der Waals surface area contributed by atoms with Crippen LogP contribution in [0.5, 0.6) is 0 Å². The van der Waals surface area contributed by atoms with Crippen LogP contribution in [0.25, 0.3) is 5.69 Å². The number of amides is 1. The number of nitrogens with zero attached hydrogens (tertiary/aromatic N) is 3. The van der Waals surface area contributed by atoms with Crippen LogP contribution in [0, 0.1) is 13.8 Å². The van der Waals surface area contributed by atoms with Crippen molar-refractivity contribution < 1.29 is 4.79 Å². The maximum atomic E-state index is 13.1. The number of rotatable bonds is 8. The quantitative estimate of drug-likeness (QED) is 0.210. The van der Waals surface area contributed by atoms with Crippen LogP contribution in [0.2, 0.25) is 10.0 Å². The molecule has 1 saturated heterocycles. The molecule has 0 unspecified atom stereocenters. The third-order valence-electron chi connectivity index (χ3n) is 7.39. The standard InChI is InChI=1S/C31H31Cl2N5OS/c1-4-21-9-5-6-10-25(21)35-28(39)14-16-37-30(29(36-31(37)40)26-11-7-8-15-34-26)23-17-19(2)38(20(23)3)27-13-12-22(32)18-24(27)33/h5-13,15,17-18,29-30H,4,14,16H2,1-3H3,(H,35,39)(H,36,40)/t29-,30+/m1/s1. The fourth-order valence-electron chi connectivity index (χ4n) is 5.49. The van der Waals surface area contributed by atoms with Crippen molar-refractivity contribution in [3.63, 3.8) is 0 Å². The molecule has 2 aromatic heterocycles. The maximum Gasteiger partial charge on any atom is 0.226 e. The number of thiocarbonyl (C=S) groups is 1. The second-order valence-corrected chi connectivity index (χ2v) is 11.1. The molecule has 40 heavy (non-hydrogen) atoms. The number of hydrogen-bond donors (Lipinski definition) is 2. The summed E-state index contributed by atoms with van der Waals surface area (Å²) >= 11 is 18.6. The SMILES string of the molecule is CCc1ccccc1NC(=O)CCN1C(=S)N[C@H](c2ccccn2)[C@@H]1c1cc(C)n(-c2ccc(Cl)cc2Cl)c1C. The number of aryl methyl sites for hydroxylation is 2. The van der Waals surface area contributed by atoms with E-state index < -0.39 is 0 Å². The number of carbonyl (C=O) groups is 1. The van der Waals surface area contributed by atoms with Crippen LogP contribution < -0.4 is 10.6 Å². The predicted molar refractivity (Wildman–Crippen MR) is 166 cm³/mol. The monoisotopic (exact) mass is 591 g/mol. The predicted octanol–water partition coefficient (Wildman–Crippen LogP) is 7.36. The Morgan fingerprint density at radius 3 is 2.58 bits per heavy atom. The van der Waals surface area contributed by atoms with E-state index in [2.05, 4.69) is 51.9 Å². The molecule has 9 heteroatoms. The summed E-state index contributed by atoms with van der Waals surface area (Å²) in [5.74, 6) is -0.0536. The van der Waals surface area contributed by atoms with Gasteiger partial charge in [0, 0.05) is 41.3 Å². The van der Waals surface area contributed by atoms with Crippen LogP contribution >= 0.6 is 35.4 Å². The van der Waals surface area contributed by atoms with Crippen molar-refractivity contribution in [2.24, 2.45) is 0 Å². The zero-order chi connectivity index (χ0) is 28.4. The largest absolute Gasteiger partial charge is 0.352 e. The van der Waals surface area contributed by atoms with Gasteiger partial charge >= 0.3 is 0 Å². The van der Waals surface area contributed by atoms with Gasteiger partial charge in [-0.25, -0.2) is 0 Å². The Bertz CT molecular complexity index is 1550. The van der Waals surface area contributed by atoms with E-state index in [-0.39, 0.29) is 24.4 Å². The minimum Gasteiger partial charge on any atom is -0.352 e. The Balaban J connectivity index is 1.48. The molecule has 2 N–H and O–H groups in total. The lowest BCUT2D eigenvalue weighted by molar-refractivity contribution is -0.116. The van der Waals surface area contributed by atoms with E-state index in [0.717, 1.165) is 46.0 Å². The summed E-state index contributed by atoms with van der Waals surface area (Å²) in [6.07, 6.45) is 2.92. The minimum absolute atomic E-state index is 0.0536. The Hall–Kier alpha value is -3.39. The normalized spacial score (nSPS) is 16.7. The fourth-order valence-corrected chi connectivity index (χ4v) is 6.32. The van der Waals surface area contributed by atoms with Crippen molar-refractivity contribution in [1.29, 1.82) is 0 Å². The molecule has 5 rings (SSSR count). The van der Waals surface area contributed by atoms with Crippen molar-refractivity contribution >= 4 is 52.1 Å². The highest BCUT2D eigenvalue weighted by Crippen LogP contribution is 2.42. The second kappa shape index (κ2) is 12.0. The smallest absolute Gasteiger partial charge is 0.226 e. The minimum atomic E-state index is -0.188. The van der Waals surface area contributed by atoms with Gasteiger partial charge in [-0.1, -0.05) is 54.4 Å². The Kier molecular flexibility index (Phi) is 8.45. The third-order valence-corrected chi connectivity index (χ3v) is 8.28. The van der Waals surface area contributed by atoms with Crippen molar-refractivity contribution in [2.45, 2.75) is 45.7 Å². The molecule has 0 bridgehead atoms. The molecule has 0 aliphatic carbocycles. The number of carbonyl (C=O) groups excluding carboxylic acids is 1. The molecular weight excluding hydrogens is 561 g/mol. The summed E-state index contributed by atoms with van der Waals surface area (Å²) in [5.41, 5.74) is 6.85. The molecule has 1 fully saturated rings. The Labute approximate surface area is 250 Å². The van der Waals surface area contributed by atoms with Crippen LogP contribution in [0.15, 0.2) is 72.9 Å². The topological polar surface area (TPSA) is 62.2 Å². The highest BCUT2D eigenvalue weighted by molar-refractivity contribution is 7.80. The van der Waals surface area contributed by atoms with Gasteiger partial charge in [-0.05, 0) is 86.1 Å². The van der Waals surface area contributed by atoms with Crippen molar-refractivity contribution in [1.82, 2.24) is 19.8 Å². The average Bonchev–Trinajstić information content (AvgIpc) is 3.42. The van der Waals surface area contributed by atoms with Crippen LogP contribution in [0.1, 0.15) is 53.6 Å². The lowest BCUT2D eigenvalue weighted by Gasteiger charge is -2.28. The molecule has 3 heterocycles. The number of para-hydroxylation sites is 1. The summed E-state index contributed by atoms with van der Waals surface area (Å²) in [5, 5.41) is 8.32. The summed E-state index contributed by atoms with van der Waals surface area (Å²) in [7, 11) is 0. The fraction of sp³-hybridized carbons (Fsp3) is 0.258. The van der Waals surface area contributed by atoms with Gasteiger partial charge in [-0.2, -0.15) is 0 Å². The molecule has 0 saturated carbocycles. The number of nitrogens with one attached hydrogen (secondary N) is 2. The van der Waals surface area contributed by atoms with E-state index in [1.54, 1.807) is 12.3 Å². The van der Waals surface area contributed by atoms with E-state index in [1.165, 1.54) is 0 Å². The van der Waals surface area contributed by atoms with Gasteiger partial charge in [0.2, 0.25) is 5.91 Å². The maximum absolute atomic E-state index is 13.1. The number of pyridine rings is 1. The first-order valence-corrected chi connectivity index (χ1v) is 14.4. The molecule has 2 aromatic carbocycles. The summed E-state index contributed by atoms with van der Waals surface area (Å²) in [6, 6.07) is 21.1. The van der Waals surface area contributed by atoms with E-state index in [1.807, 2.05) is 54.6 Å². The summed E-state index contributed by atoms with van der Waals surface area (Å²) < 4.78 is 2.14. The van der Waals surface area contributed by atoms with Crippen molar-refractivity contribution in [3.05, 3.63) is 111 Å². The molecular formula is C31H31Cl2N5OS. The third kappa shape index (κ3) is 5.59. The zero-order valence-corrected chi connectivity index (χ0v) is 24.9. The number of anilines is 1. The molecule has 4 aromatic rings. The highest BCUT2D eigenvalue weighted by Gasteiger charge is 2.41. The van der Waals surface area contributed by atoms with Gasteiger partial charge < -0.3 is 20.1 Å². The second-order valence-electron chi connectivity index (χ2n) is 9.89. The van der Waals surface area contributed by atoms with Gasteiger partial charge in [0.15, 0.2) is 5.11 Å². The Morgan fingerprint density at radius 2 is 1.85 bits per heavy atom. The average molecular weight is 593 g/mol. The van der Waals surface area contributed by atoms with Gasteiger partial charge in [-0.15, -0.1) is 0 Å². The van der Waals surface area contributed by atoms with Crippen LogP contribution in [-0.2, 0) is 11.2 Å². The lowest BCUT2D eigenvalue weighted by Crippen LogP contribution is -2.33. The summed E-state index contributed by atoms with van der Waals surface area (Å²) in [4.78, 5) is 19.8. The molecule has 206 valence electrons. The first-order chi connectivity index (χ1) is 19.3. The van der Waals surface area contributed by atoms with Crippen molar-refractivity contribution in [3.8, 4) is 5.69 Å². The number of benzene rings is 2. The van der Waals surface area contributed by atoms with Gasteiger partial charge in [-0.3, -0.25) is 9.78 Å². The van der Waals surface area contributed by atoms with Crippen molar-refractivity contribution in [2.75, 3.05) is 11.9 Å². The molecule has 0 spiro atoms. The van der Waals surface area contributed by atoms with E-state index in [9.17, 15) is 4.79 Å². The number of halogens is 2. The highest BCUT2D eigenvalue weighted by atomic mass is 35.5. The molecule has 1 aliphatic rings. The number of aromatic nitrogens is 2. The van der Waals surface area contributed by atoms with Gasteiger partial charge in [0.05, 0.1) is 28.5 Å². The lowest BCUT2D eigenvalue weighted by atomic mass is 9.96.